The number of fused-ring (bicyclic) bond motifs is 2. The Morgan fingerprint density at radius 3 is 2.08 bits per heavy atom. The van der Waals surface area contributed by atoms with Gasteiger partial charge in [0.2, 0.25) is 5.95 Å². The van der Waals surface area contributed by atoms with Crippen molar-refractivity contribution in [3.8, 4) is 0 Å². The summed E-state index contributed by atoms with van der Waals surface area (Å²) in [6.07, 6.45) is 4.31. The fourth-order valence-corrected chi connectivity index (χ4v) is 5.27. The first kappa shape index (κ1) is 27.4. The zero-order valence-electron chi connectivity index (χ0n) is 21.9. The van der Waals surface area contributed by atoms with Crippen LogP contribution in [0.15, 0.2) is 24.3 Å². The summed E-state index contributed by atoms with van der Waals surface area (Å²) in [6, 6.07) is 0. The Bertz CT molecular complexity index is 1670. The van der Waals surface area contributed by atoms with Crippen LogP contribution >= 0.6 is 11.8 Å². The monoisotopic (exact) mass is 546 g/mol. The highest BCUT2D eigenvalue weighted by Crippen LogP contribution is 2.24. The van der Waals surface area contributed by atoms with E-state index < -0.39 is 22.5 Å². The molecule has 0 saturated heterocycles. The van der Waals surface area contributed by atoms with Gasteiger partial charge >= 0.3 is 11.4 Å². The number of thioether (sulfide) groups is 1. The van der Waals surface area contributed by atoms with E-state index in [-0.39, 0.29) is 0 Å². The number of imidazole rings is 2. The van der Waals surface area contributed by atoms with Crippen LogP contribution in [0.5, 0.6) is 0 Å². The molecule has 0 bridgehead atoms. The quantitative estimate of drug-likeness (QED) is 0.135. The lowest BCUT2D eigenvalue weighted by molar-refractivity contribution is 0.577. The molecule has 4 aromatic heterocycles. The van der Waals surface area contributed by atoms with Crippen LogP contribution in [0.25, 0.3) is 22.3 Å². The standard InChI is InChI=1S/C23H34N10O4S/c1-4-5-6-11-33-15-17(31(3)22(37)29-19(15)35)27-23(33)38-13-8-12-32-14-16(26-20(32)25-10-7-9-24)30(2)21(36)28-18(14)34/h4-13,24H2,1-3H3,(H,25,26)(H,28,34,36)(H,29,35,37). The first-order valence-electron chi connectivity index (χ1n) is 12.7. The smallest absolute Gasteiger partial charge is 0.329 e. The summed E-state index contributed by atoms with van der Waals surface area (Å²) < 4.78 is 6.34. The number of hydrogen-bond donors (Lipinski definition) is 4. The van der Waals surface area contributed by atoms with Crippen LogP contribution in [-0.2, 0) is 27.2 Å². The van der Waals surface area contributed by atoms with Gasteiger partial charge in [-0.05, 0) is 25.8 Å². The van der Waals surface area contributed by atoms with Crippen molar-refractivity contribution >= 4 is 40.0 Å². The highest BCUT2D eigenvalue weighted by molar-refractivity contribution is 7.99. The summed E-state index contributed by atoms with van der Waals surface area (Å²) in [4.78, 5) is 63.4. The molecule has 0 saturated carbocycles. The molecule has 0 aliphatic heterocycles. The van der Waals surface area contributed by atoms with Crippen molar-refractivity contribution in [2.45, 2.75) is 57.3 Å². The van der Waals surface area contributed by atoms with Crippen LogP contribution in [0, 0.1) is 0 Å². The number of nitrogens with zero attached hydrogens (tertiary/aromatic N) is 6. The third-order valence-corrected chi connectivity index (χ3v) is 7.45. The van der Waals surface area contributed by atoms with Crippen molar-refractivity contribution in [2.24, 2.45) is 19.8 Å². The fraction of sp³-hybridized carbons (Fsp3) is 0.565. The number of aromatic nitrogens is 8. The van der Waals surface area contributed by atoms with Gasteiger partial charge in [0.15, 0.2) is 27.5 Å². The summed E-state index contributed by atoms with van der Waals surface area (Å²) in [5.41, 5.74) is 5.03. The lowest BCUT2D eigenvalue weighted by Gasteiger charge is -2.11. The lowest BCUT2D eigenvalue weighted by Crippen LogP contribution is -2.29. The molecule has 0 aliphatic rings. The van der Waals surface area contributed by atoms with Crippen molar-refractivity contribution in [1.82, 2.24) is 38.2 Å². The lowest BCUT2D eigenvalue weighted by atomic mass is 10.2. The van der Waals surface area contributed by atoms with Crippen LogP contribution in [0.4, 0.5) is 5.95 Å². The second kappa shape index (κ2) is 11.9. The Kier molecular flexibility index (Phi) is 8.56. The number of aromatic amines is 2. The number of H-pyrrole nitrogens is 2. The van der Waals surface area contributed by atoms with Crippen LogP contribution in [-0.4, -0.2) is 57.0 Å². The minimum Gasteiger partial charge on any atom is -0.356 e. The maximum absolute atomic E-state index is 12.7. The Morgan fingerprint density at radius 2 is 1.45 bits per heavy atom. The second-order valence-electron chi connectivity index (χ2n) is 9.09. The number of unbranched alkanes of at least 4 members (excludes halogenated alkanes) is 2. The van der Waals surface area contributed by atoms with Crippen molar-refractivity contribution in [2.75, 3.05) is 24.2 Å². The molecule has 4 rings (SSSR count). The Balaban J connectivity index is 1.59. The first-order valence-corrected chi connectivity index (χ1v) is 13.7. The van der Waals surface area contributed by atoms with Crippen LogP contribution < -0.4 is 33.5 Å². The van der Waals surface area contributed by atoms with Gasteiger partial charge in [0.05, 0.1) is 0 Å². The molecule has 0 aliphatic carbocycles. The number of nitrogens with two attached hydrogens (primary N) is 1. The van der Waals surface area contributed by atoms with Crippen LogP contribution in [0.3, 0.4) is 0 Å². The van der Waals surface area contributed by atoms with Gasteiger partial charge in [0.1, 0.15) is 0 Å². The van der Waals surface area contributed by atoms with E-state index in [1.807, 2.05) is 4.57 Å². The molecule has 0 aromatic carbocycles. The number of anilines is 1. The Morgan fingerprint density at radius 1 is 0.842 bits per heavy atom. The summed E-state index contributed by atoms with van der Waals surface area (Å²) in [7, 11) is 3.15. The minimum absolute atomic E-state index is 0.305. The third-order valence-electron chi connectivity index (χ3n) is 6.39. The summed E-state index contributed by atoms with van der Waals surface area (Å²) >= 11 is 1.49. The Labute approximate surface area is 221 Å². The van der Waals surface area contributed by atoms with E-state index in [9.17, 15) is 19.2 Å². The maximum Gasteiger partial charge on any atom is 0.329 e. The SMILES string of the molecule is CCCCCn1c(SCCCn2c(NCCCN)nc3c2c(=O)[nH]c(=O)n3C)nc2c1c(=O)[nH]c(=O)n2C. The van der Waals surface area contributed by atoms with Gasteiger partial charge in [-0.25, -0.2) is 14.6 Å². The van der Waals surface area contributed by atoms with E-state index in [4.69, 9.17) is 5.73 Å². The molecule has 0 fully saturated rings. The molecule has 0 atom stereocenters. The molecular formula is C23H34N10O4S. The zero-order chi connectivity index (χ0) is 27.4. The molecule has 5 N–H and O–H groups in total. The summed E-state index contributed by atoms with van der Waals surface area (Å²) in [5.74, 6) is 1.13. The fourth-order valence-electron chi connectivity index (χ4n) is 4.33. The van der Waals surface area contributed by atoms with E-state index in [1.165, 1.54) is 20.9 Å². The third kappa shape index (κ3) is 5.34. The molecule has 206 valence electrons. The molecule has 38 heavy (non-hydrogen) atoms. The topological polar surface area (TPSA) is 183 Å². The molecule has 0 spiro atoms. The molecule has 15 heteroatoms. The van der Waals surface area contributed by atoms with Crippen molar-refractivity contribution in [3.63, 3.8) is 0 Å². The van der Waals surface area contributed by atoms with Crippen molar-refractivity contribution in [1.29, 1.82) is 0 Å². The number of aryl methyl sites for hydroxylation is 4. The first-order chi connectivity index (χ1) is 18.3. The molecule has 4 heterocycles. The normalized spacial score (nSPS) is 11.7. The van der Waals surface area contributed by atoms with Crippen LogP contribution in [0.1, 0.15) is 39.0 Å². The van der Waals surface area contributed by atoms with Crippen molar-refractivity contribution in [3.05, 3.63) is 41.7 Å². The molecule has 4 aromatic rings. The second-order valence-corrected chi connectivity index (χ2v) is 10.2. The average molecular weight is 547 g/mol. The van der Waals surface area contributed by atoms with E-state index >= 15 is 0 Å². The molecule has 0 radical (unpaired) electrons. The zero-order valence-corrected chi connectivity index (χ0v) is 22.7. The minimum atomic E-state index is -0.525. The predicted molar refractivity (Wildman–Crippen MR) is 148 cm³/mol. The van der Waals surface area contributed by atoms with E-state index in [2.05, 4.69) is 32.2 Å². The summed E-state index contributed by atoms with van der Waals surface area (Å²) in [5, 5.41) is 3.89. The number of hydrogen-bond acceptors (Lipinski definition) is 9. The van der Waals surface area contributed by atoms with E-state index in [1.54, 1.807) is 18.7 Å². The Hall–Kier alpha value is -3.59. The molecule has 0 amide bonds. The van der Waals surface area contributed by atoms with Gasteiger partial charge in [-0.3, -0.25) is 28.7 Å². The highest BCUT2D eigenvalue weighted by atomic mass is 32.2. The van der Waals surface area contributed by atoms with Gasteiger partial charge < -0.3 is 20.2 Å². The predicted octanol–water partition coefficient (Wildman–Crippen LogP) is 0.293. The number of rotatable bonds is 13. The van der Waals surface area contributed by atoms with Crippen molar-refractivity contribution < 1.29 is 0 Å². The average Bonchev–Trinajstić information content (AvgIpc) is 3.43. The highest BCUT2D eigenvalue weighted by Gasteiger charge is 2.19. The maximum atomic E-state index is 12.7. The van der Waals surface area contributed by atoms with Crippen LogP contribution in [0.2, 0.25) is 0 Å². The summed E-state index contributed by atoms with van der Waals surface area (Å²) in [6.45, 7) is 4.29. The van der Waals surface area contributed by atoms with Gasteiger partial charge in [0, 0.05) is 39.5 Å². The largest absolute Gasteiger partial charge is 0.356 e. The van der Waals surface area contributed by atoms with E-state index in [0.717, 1.165) is 25.7 Å². The molecule has 14 nitrogen and oxygen atoms in total. The van der Waals surface area contributed by atoms with E-state index in [0.29, 0.717) is 71.8 Å². The molecule has 0 unspecified atom stereocenters. The number of nitrogens with one attached hydrogen (secondary N) is 3. The van der Waals surface area contributed by atoms with Gasteiger partial charge in [-0.2, -0.15) is 4.98 Å². The van der Waals surface area contributed by atoms with Gasteiger partial charge in [-0.15, -0.1) is 0 Å². The van der Waals surface area contributed by atoms with Gasteiger partial charge in [0.25, 0.3) is 11.1 Å². The molecular weight excluding hydrogens is 512 g/mol. The van der Waals surface area contributed by atoms with Gasteiger partial charge in [-0.1, -0.05) is 31.5 Å².